The monoisotopic (exact) mass is 456 g/mol. The molecule has 0 bridgehead atoms. The molecule has 32 heavy (non-hydrogen) atoms. The molecule has 0 aromatic heterocycles. The average molecular weight is 456 g/mol. The van der Waals surface area contributed by atoms with Crippen molar-refractivity contribution in [3.63, 3.8) is 0 Å². The normalized spacial score (nSPS) is 17.6. The van der Waals surface area contributed by atoms with Gasteiger partial charge in [0.2, 0.25) is 11.8 Å². The highest BCUT2D eigenvalue weighted by atomic mass is 16.6. The zero-order valence-corrected chi connectivity index (χ0v) is 18.5. The van der Waals surface area contributed by atoms with Crippen LogP contribution in [0.1, 0.15) is 65.2 Å². The summed E-state index contributed by atoms with van der Waals surface area (Å²) < 4.78 is 9.75. The van der Waals surface area contributed by atoms with E-state index in [9.17, 15) is 28.8 Å². The Kier molecular flexibility index (Phi) is 12.4. The van der Waals surface area contributed by atoms with Crippen molar-refractivity contribution < 1.29 is 38.2 Å². The molecule has 0 radical (unpaired) electrons. The topological polar surface area (TPSA) is 169 Å². The summed E-state index contributed by atoms with van der Waals surface area (Å²) in [7, 11) is 0. The average Bonchev–Trinajstić information content (AvgIpc) is 2.74. The molecule has 12 nitrogen and oxygen atoms in total. The van der Waals surface area contributed by atoms with Crippen LogP contribution in [0.2, 0.25) is 0 Å². The van der Waals surface area contributed by atoms with Crippen LogP contribution in [0.15, 0.2) is 0 Å². The van der Waals surface area contributed by atoms with Gasteiger partial charge >= 0.3 is 11.9 Å². The van der Waals surface area contributed by atoms with Crippen LogP contribution in [0.5, 0.6) is 0 Å². The Hall–Kier alpha value is -3.18. The molecule has 1 aliphatic rings. The summed E-state index contributed by atoms with van der Waals surface area (Å²) in [5.74, 6) is -4.11. The predicted octanol–water partition coefficient (Wildman–Crippen LogP) is -0.636. The van der Waals surface area contributed by atoms with Gasteiger partial charge < -0.3 is 30.7 Å². The lowest BCUT2D eigenvalue weighted by Crippen LogP contribution is -2.63. The van der Waals surface area contributed by atoms with E-state index in [2.05, 4.69) is 21.3 Å². The Bertz CT molecular complexity index is 639. The van der Waals surface area contributed by atoms with Crippen molar-refractivity contribution in [2.24, 2.45) is 0 Å². The van der Waals surface area contributed by atoms with Crippen LogP contribution in [0.4, 0.5) is 0 Å². The van der Waals surface area contributed by atoms with Crippen molar-refractivity contribution in [1.82, 2.24) is 21.3 Å². The number of esters is 2. The Labute approximate surface area is 186 Å². The molecule has 4 amide bonds. The van der Waals surface area contributed by atoms with Gasteiger partial charge in [-0.3, -0.25) is 28.8 Å². The van der Waals surface area contributed by atoms with Crippen molar-refractivity contribution in [2.45, 2.75) is 77.7 Å². The van der Waals surface area contributed by atoms with Gasteiger partial charge in [0.15, 0.2) is 0 Å². The first-order chi connectivity index (χ1) is 15.3. The molecule has 1 heterocycles. The molecule has 2 unspecified atom stereocenters. The molecule has 1 fully saturated rings. The zero-order valence-electron chi connectivity index (χ0n) is 18.5. The van der Waals surface area contributed by atoms with Gasteiger partial charge in [-0.2, -0.15) is 0 Å². The third-order valence-electron chi connectivity index (χ3n) is 4.34. The van der Waals surface area contributed by atoms with Gasteiger partial charge in [0.1, 0.15) is 0 Å². The van der Waals surface area contributed by atoms with E-state index >= 15 is 0 Å². The summed E-state index contributed by atoms with van der Waals surface area (Å²) in [4.78, 5) is 71.0. The van der Waals surface area contributed by atoms with Gasteiger partial charge in [-0.05, 0) is 12.8 Å². The number of piperazine rings is 1. The Morgan fingerprint density at radius 1 is 0.719 bits per heavy atom. The van der Waals surface area contributed by atoms with E-state index < -0.39 is 36.2 Å². The van der Waals surface area contributed by atoms with E-state index in [-0.39, 0.29) is 37.5 Å². The maximum absolute atomic E-state index is 12.1. The maximum Gasteiger partial charge on any atom is 0.308 e. The van der Waals surface area contributed by atoms with Gasteiger partial charge in [0.25, 0.3) is 24.3 Å². The van der Waals surface area contributed by atoms with Crippen LogP contribution in [0, 0.1) is 0 Å². The molecule has 1 aliphatic heterocycles. The second kappa shape index (κ2) is 14.8. The second-order valence-electron chi connectivity index (χ2n) is 7.16. The fourth-order valence-corrected chi connectivity index (χ4v) is 2.50. The number of hydrogen-bond acceptors (Lipinski definition) is 8. The third kappa shape index (κ3) is 10.7. The lowest BCUT2D eigenvalue weighted by molar-refractivity contribution is -0.174. The van der Waals surface area contributed by atoms with Crippen LogP contribution in [-0.2, 0) is 38.2 Å². The second-order valence-corrected chi connectivity index (χ2v) is 7.16. The van der Waals surface area contributed by atoms with Gasteiger partial charge in [-0.15, -0.1) is 0 Å². The lowest BCUT2D eigenvalue weighted by Gasteiger charge is -2.28. The molecule has 2 atom stereocenters. The van der Waals surface area contributed by atoms with Gasteiger partial charge in [-0.1, -0.05) is 26.7 Å². The van der Waals surface area contributed by atoms with E-state index in [1.54, 1.807) is 0 Å². The van der Waals surface area contributed by atoms with E-state index in [1.807, 2.05) is 13.8 Å². The zero-order chi connectivity index (χ0) is 23.9. The number of carbonyl (C=O) groups excluding carboxylic acids is 6. The number of carbonyl (C=O) groups is 6. The number of rotatable bonds is 14. The van der Waals surface area contributed by atoms with Crippen molar-refractivity contribution >= 4 is 35.6 Å². The molecule has 1 rings (SSSR count). The van der Waals surface area contributed by atoms with Gasteiger partial charge in [0, 0.05) is 25.9 Å². The van der Waals surface area contributed by atoms with Gasteiger partial charge in [-0.25, -0.2) is 0 Å². The quantitative estimate of drug-likeness (QED) is 0.198. The maximum atomic E-state index is 12.1. The molecule has 4 N–H and O–H groups in total. The minimum absolute atomic E-state index is 0.114. The Balaban J connectivity index is 2.35. The summed E-state index contributed by atoms with van der Waals surface area (Å²) >= 11 is 0. The third-order valence-corrected chi connectivity index (χ3v) is 4.34. The smallest absolute Gasteiger partial charge is 0.308 e. The number of ether oxygens (including phenoxy) is 2. The van der Waals surface area contributed by atoms with Crippen molar-refractivity contribution in [2.75, 3.05) is 13.1 Å². The molecule has 180 valence electrons. The molecule has 0 aromatic rings. The Morgan fingerprint density at radius 2 is 1.09 bits per heavy atom. The van der Waals surface area contributed by atoms with Crippen LogP contribution >= 0.6 is 0 Å². The minimum atomic E-state index is -1.60. The van der Waals surface area contributed by atoms with Crippen molar-refractivity contribution in [3.8, 4) is 0 Å². The van der Waals surface area contributed by atoms with Crippen molar-refractivity contribution in [3.05, 3.63) is 0 Å². The fraction of sp³-hybridized carbons (Fsp3) is 0.700. The van der Waals surface area contributed by atoms with E-state index in [1.165, 1.54) is 0 Å². The summed E-state index contributed by atoms with van der Waals surface area (Å²) in [6, 6.07) is 0. The number of amides is 4. The number of unbranched alkanes of at least 4 members (excludes halogenated alkanes) is 2. The largest absolute Gasteiger partial charge is 0.432 e. The van der Waals surface area contributed by atoms with E-state index in [4.69, 9.17) is 9.47 Å². The molecule has 0 saturated carbocycles. The highest BCUT2D eigenvalue weighted by Gasteiger charge is 2.38. The van der Waals surface area contributed by atoms with E-state index in [0.717, 1.165) is 25.7 Å². The summed E-state index contributed by atoms with van der Waals surface area (Å²) in [6.45, 7) is 4.98. The van der Waals surface area contributed by atoms with Crippen LogP contribution < -0.4 is 21.3 Å². The molecule has 12 heteroatoms. The first-order valence-electron chi connectivity index (χ1n) is 10.8. The van der Waals surface area contributed by atoms with Crippen LogP contribution in [-0.4, -0.2) is 61.1 Å². The van der Waals surface area contributed by atoms with Crippen LogP contribution in [0.25, 0.3) is 0 Å². The Morgan fingerprint density at radius 3 is 1.44 bits per heavy atom. The summed E-state index contributed by atoms with van der Waals surface area (Å²) in [5.41, 5.74) is 0. The van der Waals surface area contributed by atoms with Crippen molar-refractivity contribution in [1.29, 1.82) is 0 Å². The molecule has 1 saturated heterocycles. The molecule has 0 spiro atoms. The number of nitrogens with one attached hydrogen (secondary N) is 4. The number of hydrogen-bond donors (Lipinski definition) is 4. The highest BCUT2D eigenvalue weighted by Crippen LogP contribution is 2.05. The first-order valence-corrected chi connectivity index (χ1v) is 10.8. The van der Waals surface area contributed by atoms with E-state index in [0.29, 0.717) is 13.1 Å². The fourth-order valence-electron chi connectivity index (χ4n) is 2.50. The molecule has 0 aromatic carbocycles. The molecular formula is C20H32N4O8. The summed E-state index contributed by atoms with van der Waals surface area (Å²) in [6.07, 6.45) is -0.478. The highest BCUT2D eigenvalue weighted by molar-refractivity contribution is 5.97. The first kappa shape index (κ1) is 26.9. The summed E-state index contributed by atoms with van der Waals surface area (Å²) in [5, 5.41) is 9.55. The lowest BCUT2D eigenvalue weighted by atomic mass is 10.2. The van der Waals surface area contributed by atoms with Crippen LogP contribution in [0.3, 0.4) is 0 Å². The van der Waals surface area contributed by atoms with Gasteiger partial charge in [0.05, 0.1) is 12.8 Å². The molecule has 0 aliphatic carbocycles. The minimum Gasteiger partial charge on any atom is -0.432 e. The predicted molar refractivity (Wildman–Crippen MR) is 110 cm³/mol. The molecular weight excluding hydrogens is 424 g/mol. The standard InChI is InChI=1S/C20H32N4O8/c1-3-5-11-21-13(25)7-9-15(27)31-19-17(29)24-20(18(30)23-19)32-16(28)10-8-14(26)22-12-6-4-2/h19-20H,3-12H2,1-2H3,(H,21,25)(H,22,26)(H,23,30)(H,24,29). The SMILES string of the molecule is CCCCNC(=O)CCC(=O)OC1NC(=O)C(OC(=O)CCC(=O)NCCCC)NC1=O.